The summed E-state index contributed by atoms with van der Waals surface area (Å²) in [6, 6.07) is 7.81. The second kappa shape index (κ2) is 6.59. The summed E-state index contributed by atoms with van der Waals surface area (Å²) in [7, 11) is 0. The molecule has 0 unspecified atom stereocenters. The largest absolute Gasteiger partial charge is 0.492 e. The van der Waals surface area contributed by atoms with Gasteiger partial charge in [0.15, 0.2) is 0 Å². The Morgan fingerprint density at radius 3 is 3.08 bits per heavy atom. The van der Waals surface area contributed by atoms with Gasteiger partial charge in [-0.25, -0.2) is 4.98 Å². The van der Waals surface area contributed by atoms with E-state index in [1.54, 1.807) is 11.3 Å². The Bertz CT molecular complexity index is 845. The van der Waals surface area contributed by atoms with Crippen LogP contribution >= 0.6 is 22.9 Å². The molecule has 0 radical (unpaired) electrons. The number of thiophene rings is 1. The number of rotatable bonds is 3. The van der Waals surface area contributed by atoms with Gasteiger partial charge >= 0.3 is 0 Å². The molecular formula is C18H17ClN2O2S. The summed E-state index contributed by atoms with van der Waals surface area (Å²) in [5.41, 5.74) is 3.12. The molecule has 0 saturated heterocycles. The molecule has 0 N–H and O–H groups in total. The maximum Gasteiger partial charge on any atom is 0.227 e. The normalized spacial score (nSPS) is 14.9. The van der Waals surface area contributed by atoms with Crippen LogP contribution in [0.15, 0.2) is 39.4 Å². The van der Waals surface area contributed by atoms with Gasteiger partial charge in [0.25, 0.3) is 0 Å². The zero-order chi connectivity index (χ0) is 16.5. The van der Waals surface area contributed by atoms with Gasteiger partial charge in [0.05, 0.1) is 5.69 Å². The lowest BCUT2D eigenvalue weighted by Crippen LogP contribution is -2.25. The van der Waals surface area contributed by atoms with Crippen LogP contribution in [0.1, 0.15) is 17.0 Å². The van der Waals surface area contributed by atoms with Crippen molar-refractivity contribution in [1.29, 1.82) is 0 Å². The van der Waals surface area contributed by atoms with Gasteiger partial charge in [-0.2, -0.15) is 11.3 Å². The highest BCUT2D eigenvalue weighted by Crippen LogP contribution is 2.28. The van der Waals surface area contributed by atoms with Crippen LogP contribution < -0.4 is 4.74 Å². The first kappa shape index (κ1) is 15.7. The van der Waals surface area contributed by atoms with Crippen LogP contribution in [0.5, 0.6) is 5.75 Å². The predicted molar refractivity (Wildman–Crippen MR) is 95.6 cm³/mol. The van der Waals surface area contributed by atoms with Crippen molar-refractivity contribution in [3.63, 3.8) is 0 Å². The van der Waals surface area contributed by atoms with Gasteiger partial charge in [0, 0.05) is 41.2 Å². The number of fused-ring (bicyclic) bond motifs is 1. The van der Waals surface area contributed by atoms with Crippen molar-refractivity contribution >= 4 is 22.9 Å². The molecule has 0 saturated carbocycles. The molecule has 0 aliphatic carbocycles. The van der Waals surface area contributed by atoms with Gasteiger partial charge in [-0.1, -0.05) is 11.6 Å². The Balaban J connectivity index is 1.55. The molecule has 124 valence electrons. The van der Waals surface area contributed by atoms with E-state index in [-0.39, 0.29) is 0 Å². The van der Waals surface area contributed by atoms with E-state index in [9.17, 15) is 0 Å². The summed E-state index contributed by atoms with van der Waals surface area (Å²) in [5.74, 6) is 2.48. The molecule has 1 aliphatic rings. The maximum atomic E-state index is 6.12. The van der Waals surface area contributed by atoms with Crippen molar-refractivity contribution in [2.45, 2.75) is 20.0 Å². The van der Waals surface area contributed by atoms with Gasteiger partial charge in [0.2, 0.25) is 5.89 Å². The number of oxazole rings is 1. The zero-order valence-electron chi connectivity index (χ0n) is 13.3. The highest BCUT2D eigenvalue weighted by atomic mass is 35.5. The number of benzene rings is 1. The highest BCUT2D eigenvalue weighted by molar-refractivity contribution is 7.08. The molecule has 4 rings (SSSR count). The van der Waals surface area contributed by atoms with Crippen molar-refractivity contribution in [1.82, 2.24) is 9.88 Å². The molecule has 0 spiro atoms. The summed E-state index contributed by atoms with van der Waals surface area (Å²) in [6.07, 6.45) is 0. The second-order valence-corrected chi connectivity index (χ2v) is 7.06. The third-order valence-electron chi connectivity index (χ3n) is 4.12. The molecule has 0 bridgehead atoms. The van der Waals surface area contributed by atoms with Gasteiger partial charge in [-0.15, -0.1) is 0 Å². The molecule has 24 heavy (non-hydrogen) atoms. The van der Waals surface area contributed by atoms with Crippen molar-refractivity contribution in [2.75, 3.05) is 13.2 Å². The summed E-state index contributed by atoms with van der Waals surface area (Å²) in [6.45, 7) is 4.98. The average Bonchev–Trinajstić information content (AvgIpc) is 3.15. The highest BCUT2D eigenvalue weighted by Gasteiger charge is 2.19. The van der Waals surface area contributed by atoms with Gasteiger partial charge in [0.1, 0.15) is 18.1 Å². The fourth-order valence-corrected chi connectivity index (χ4v) is 3.67. The number of hydrogen-bond donors (Lipinski definition) is 0. The number of hydrogen-bond acceptors (Lipinski definition) is 5. The van der Waals surface area contributed by atoms with Gasteiger partial charge in [-0.3, -0.25) is 4.90 Å². The molecule has 3 heterocycles. The second-order valence-electron chi connectivity index (χ2n) is 5.85. The number of aromatic nitrogens is 1. The van der Waals surface area contributed by atoms with Crippen LogP contribution in [0, 0.1) is 6.92 Å². The molecule has 2 aromatic heterocycles. The molecule has 3 aromatic rings. The van der Waals surface area contributed by atoms with Crippen molar-refractivity contribution < 1.29 is 9.15 Å². The smallest absolute Gasteiger partial charge is 0.227 e. The third-order valence-corrected chi connectivity index (χ3v) is 5.03. The maximum absolute atomic E-state index is 6.12. The quantitative estimate of drug-likeness (QED) is 0.675. The number of ether oxygens (including phenoxy) is 1. The molecule has 0 amide bonds. The van der Waals surface area contributed by atoms with E-state index >= 15 is 0 Å². The lowest BCUT2D eigenvalue weighted by molar-refractivity contribution is 0.217. The fraction of sp³-hybridized carbons (Fsp3) is 0.278. The van der Waals surface area contributed by atoms with Crippen LogP contribution in [0.2, 0.25) is 5.02 Å². The summed E-state index contributed by atoms with van der Waals surface area (Å²) < 4.78 is 11.7. The van der Waals surface area contributed by atoms with Gasteiger partial charge < -0.3 is 9.15 Å². The monoisotopic (exact) mass is 360 g/mol. The number of aryl methyl sites for hydroxylation is 1. The molecule has 6 heteroatoms. The first-order valence-corrected chi connectivity index (χ1v) is 9.13. The van der Waals surface area contributed by atoms with Crippen LogP contribution in [0.4, 0.5) is 0 Å². The Kier molecular flexibility index (Phi) is 4.31. The van der Waals surface area contributed by atoms with Crippen LogP contribution in [0.25, 0.3) is 11.5 Å². The molecule has 1 aliphatic heterocycles. The minimum atomic E-state index is 0.656. The SMILES string of the molecule is Cc1oc(-c2ccsc2)nc1CN1CCOc2ccc(Cl)cc2C1. The van der Waals surface area contributed by atoms with Crippen molar-refractivity contribution in [3.05, 3.63) is 57.1 Å². The molecule has 4 nitrogen and oxygen atoms in total. The number of nitrogens with zero attached hydrogens (tertiary/aromatic N) is 2. The molecular weight excluding hydrogens is 344 g/mol. The number of halogens is 1. The zero-order valence-corrected chi connectivity index (χ0v) is 14.9. The third kappa shape index (κ3) is 3.20. The lowest BCUT2D eigenvalue weighted by Gasteiger charge is -2.18. The van der Waals surface area contributed by atoms with E-state index in [0.717, 1.165) is 53.0 Å². The predicted octanol–water partition coefficient (Wildman–Crippen LogP) is 4.76. The summed E-state index contributed by atoms with van der Waals surface area (Å²) >= 11 is 7.77. The fourth-order valence-electron chi connectivity index (χ4n) is 2.85. The minimum absolute atomic E-state index is 0.656. The Hall–Kier alpha value is -1.82. The Morgan fingerprint density at radius 1 is 1.33 bits per heavy atom. The summed E-state index contributed by atoms with van der Waals surface area (Å²) in [4.78, 5) is 6.99. The van der Waals surface area contributed by atoms with E-state index in [2.05, 4.69) is 9.88 Å². The Labute approximate surface area is 149 Å². The Morgan fingerprint density at radius 2 is 2.25 bits per heavy atom. The molecule has 1 aromatic carbocycles. The molecule has 0 fully saturated rings. The first-order chi connectivity index (χ1) is 11.7. The van der Waals surface area contributed by atoms with Gasteiger partial charge in [-0.05, 0) is 36.6 Å². The van der Waals surface area contributed by atoms with Crippen LogP contribution in [-0.2, 0) is 13.1 Å². The van der Waals surface area contributed by atoms with Crippen LogP contribution in [-0.4, -0.2) is 23.0 Å². The average molecular weight is 361 g/mol. The van der Waals surface area contributed by atoms with E-state index in [1.807, 2.05) is 41.9 Å². The van der Waals surface area contributed by atoms with E-state index in [0.29, 0.717) is 12.5 Å². The van der Waals surface area contributed by atoms with E-state index < -0.39 is 0 Å². The topological polar surface area (TPSA) is 38.5 Å². The van der Waals surface area contributed by atoms with Crippen molar-refractivity contribution in [2.24, 2.45) is 0 Å². The molecule has 0 atom stereocenters. The lowest BCUT2D eigenvalue weighted by atomic mass is 10.2. The summed E-state index contributed by atoms with van der Waals surface area (Å²) in [5, 5.41) is 4.81. The van der Waals surface area contributed by atoms with Crippen molar-refractivity contribution in [3.8, 4) is 17.2 Å². The minimum Gasteiger partial charge on any atom is -0.492 e. The van der Waals surface area contributed by atoms with E-state index in [4.69, 9.17) is 20.8 Å². The van der Waals surface area contributed by atoms with E-state index in [1.165, 1.54) is 0 Å². The van der Waals surface area contributed by atoms with Crippen LogP contribution in [0.3, 0.4) is 0 Å². The first-order valence-electron chi connectivity index (χ1n) is 7.81. The standard InChI is InChI=1S/C18H17ClN2O2S/c1-12-16(20-18(23-12)13-4-7-24-11-13)10-21-5-6-22-17-3-2-15(19)8-14(17)9-21/h2-4,7-8,11H,5-6,9-10H2,1H3.